The van der Waals surface area contributed by atoms with Crippen molar-refractivity contribution in [2.75, 3.05) is 5.73 Å². The van der Waals surface area contributed by atoms with E-state index < -0.39 is 10.6 Å². The van der Waals surface area contributed by atoms with Crippen LogP contribution in [0.3, 0.4) is 0 Å². The van der Waals surface area contributed by atoms with Crippen LogP contribution in [-0.2, 0) is 0 Å². The first-order chi connectivity index (χ1) is 6.59. The van der Waals surface area contributed by atoms with Crippen LogP contribution in [0.25, 0.3) is 11.2 Å². The molecular weight excluding hydrogens is 192 g/mol. The summed E-state index contributed by atoms with van der Waals surface area (Å²) in [6.07, 6.45) is 0.895. The number of nitro groups is 1. The lowest BCUT2D eigenvalue weighted by Crippen LogP contribution is -2.14. The zero-order valence-electron chi connectivity index (χ0n) is 6.67. The molecule has 14 heavy (non-hydrogen) atoms. The van der Waals surface area contributed by atoms with Gasteiger partial charge in [0, 0.05) is 0 Å². The van der Waals surface area contributed by atoms with Gasteiger partial charge in [0.15, 0.2) is 16.9 Å². The molecule has 0 saturated carbocycles. The van der Waals surface area contributed by atoms with Crippen molar-refractivity contribution in [2.24, 2.45) is 0 Å². The van der Waals surface area contributed by atoms with E-state index in [4.69, 9.17) is 5.73 Å². The molecule has 0 amide bonds. The predicted octanol–water partition coefficient (Wildman–Crippen LogP) is -1.26. The number of anilines is 1. The lowest BCUT2D eigenvalue weighted by atomic mass is 10.5. The summed E-state index contributed by atoms with van der Waals surface area (Å²) in [6.45, 7) is 0. The van der Waals surface area contributed by atoms with Crippen LogP contribution in [-0.4, -0.2) is 24.7 Å². The Hall–Kier alpha value is -2.45. The Labute approximate surface area is 75.3 Å². The molecule has 2 aromatic heterocycles. The summed E-state index contributed by atoms with van der Waals surface area (Å²) in [5.74, 6) is -0.189. The van der Waals surface area contributed by atoms with Crippen LogP contribution in [0.5, 0.6) is 0 Å². The van der Waals surface area contributed by atoms with Crippen LogP contribution in [0.4, 0.5) is 5.95 Å². The van der Waals surface area contributed by atoms with Crippen molar-refractivity contribution in [3.05, 3.63) is 26.8 Å². The van der Waals surface area contributed by atoms with E-state index in [0.29, 0.717) is 4.68 Å². The summed E-state index contributed by atoms with van der Waals surface area (Å²) >= 11 is 0. The van der Waals surface area contributed by atoms with E-state index >= 15 is 0 Å². The number of nitrogens with two attached hydrogens (primary N) is 1. The van der Waals surface area contributed by atoms with Crippen molar-refractivity contribution in [1.29, 1.82) is 0 Å². The number of nitrogen functional groups attached to an aromatic ring is 1. The van der Waals surface area contributed by atoms with Gasteiger partial charge < -0.3 is 5.73 Å². The molecule has 3 N–H and O–H groups in total. The fourth-order valence-corrected chi connectivity index (χ4v) is 1.03. The Bertz CT molecular complexity index is 568. The van der Waals surface area contributed by atoms with Crippen LogP contribution in [0.15, 0.2) is 11.1 Å². The van der Waals surface area contributed by atoms with E-state index in [1.807, 2.05) is 0 Å². The smallest absolute Gasteiger partial charge is 0.280 e. The van der Waals surface area contributed by atoms with Gasteiger partial charge >= 0.3 is 0 Å². The first-order valence-electron chi connectivity index (χ1n) is 3.47. The number of nitrogens with one attached hydrogen (secondary N) is 1. The minimum absolute atomic E-state index is 0.115. The summed E-state index contributed by atoms with van der Waals surface area (Å²) in [4.78, 5) is 30.9. The minimum Gasteiger partial charge on any atom is -0.369 e. The van der Waals surface area contributed by atoms with Crippen molar-refractivity contribution < 1.29 is 5.03 Å². The number of fused-ring (bicyclic) bond motifs is 1. The average molecular weight is 196 g/mol. The lowest BCUT2D eigenvalue weighted by molar-refractivity contribution is -0.538. The molecule has 9 heteroatoms. The third-order valence-corrected chi connectivity index (χ3v) is 1.58. The zero-order chi connectivity index (χ0) is 10.3. The highest BCUT2D eigenvalue weighted by atomic mass is 16.7. The first kappa shape index (κ1) is 8.16. The number of H-pyrrole nitrogens is 1. The van der Waals surface area contributed by atoms with Gasteiger partial charge in [-0.15, -0.1) is 0 Å². The second-order valence-corrected chi connectivity index (χ2v) is 2.45. The molecule has 72 valence electrons. The van der Waals surface area contributed by atoms with Crippen LogP contribution in [0.2, 0.25) is 0 Å². The summed E-state index contributed by atoms with van der Waals surface area (Å²) in [5, 5.41) is 9.69. The summed E-state index contributed by atoms with van der Waals surface area (Å²) in [7, 11) is 0. The van der Waals surface area contributed by atoms with E-state index in [1.54, 1.807) is 0 Å². The number of imidazole rings is 1. The molecule has 0 saturated heterocycles. The van der Waals surface area contributed by atoms with Gasteiger partial charge in [0.25, 0.3) is 5.56 Å². The van der Waals surface area contributed by atoms with Crippen LogP contribution >= 0.6 is 0 Å². The van der Waals surface area contributed by atoms with Crippen molar-refractivity contribution in [1.82, 2.24) is 19.6 Å². The molecule has 0 aliphatic rings. The molecule has 0 fully saturated rings. The Kier molecular flexibility index (Phi) is 1.47. The highest BCUT2D eigenvalue weighted by Gasteiger charge is 2.14. The summed E-state index contributed by atoms with van der Waals surface area (Å²) in [6, 6.07) is 0. The van der Waals surface area contributed by atoms with E-state index in [1.165, 1.54) is 0 Å². The maximum absolute atomic E-state index is 11.2. The van der Waals surface area contributed by atoms with Crippen molar-refractivity contribution in [3.8, 4) is 0 Å². The molecule has 0 aliphatic heterocycles. The minimum atomic E-state index is -0.749. The number of aromatic amines is 1. The Morgan fingerprint density at radius 1 is 1.64 bits per heavy atom. The summed E-state index contributed by atoms with van der Waals surface area (Å²) in [5.41, 5.74) is 4.33. The van der Waals surface area contributed by atoms with Gasteiger partial charge in [-0.1, -0.05) is 0 Å². The molecule has 0 radical (unpaired) electrons. The van der Waals surface area contributed by atoms with Gasteiger partial charge in [-0.05, 0) is 4.68 Å². The molecule has 9 nitrogen and oxygen atoms in total. The fraction of sp³-hybridized carbons (Fsp3) is 0. The topological polar surface area (TPSA) is 133 Å². The maximum atomic E-state index is 11.2. The normalized spacial score (nSPS) is 10.6. The molecule has 0 atom stereocenters. The maximum Gasteiger partial charge on any atom is 0.280 e. The molecule has 0 bridgehead atoms. The monoisotopic (exact) mass is 196 g/mol. The number of hydrogen-bond donors (Lipinski definition) is 2. The number of rotatable bonds is 1. The largest absolute Gasteiger partial charge is 0.369 e. The van der Waals surface area contributed by atoms with Gasteiger partial charge in [-0.2, -0.15) is 4.98 Å². The molecule has 2 heterocycles. The van der Waals surface area contributed by atoms with E-state index in [-0.39, 0.29) is 17.1 Å². The molecule has 0 spiro atoms. The summed E-state index contributed by atoms with van der Waals surface area (Å²) < 4.78 is 0.529. The highest BCUT2D eigenvalue weighted by Crippen LogP contribution is 2.04. The van der Waals surface area contributed by atoms with Gasteiger partial charge in [0.05, 0.1) is 0 Å². The van der Waals surface area contributed by atoms with Gasteiger partial charge in [0.2, 0.25) is 11.6 Å². The molecule has 0 aromatic carbocycles. The molecule has 0 aliphatic carbocycles. The van der Waals surface area contributed by atoms with Crippen molar-refractivity contribution >= 4 is 17.1 Å². The highest BCUT2D eigenvalue weighted by molar-refractivity contribution is 5.69. The van der Waals surface area contributed by atoms with Crippen molar-refractivity contribution in [3.63, 3.8) is 0 Å². The van der Waals surface area contributed by atoms with Crippen LogP contribution < -0.4 is 11.3 Å². The average Bonchev–Trinajstić information content (AvgIpc) is 2.47. The number of aromatic nitrogens is 4. The van der Waals surface area contributed by atoms with Gasteiger partial charge in [0.1, 0.15) is 0 Å². The second-order valence-electron chi connectivity index (χ2n) is 2.45. The quantitative estimate of drug-likeness (QED) is 0.432. The van der Waals surface area contributed by atoms with Crippen LogP contribution in [0.1, 0.15) is 0 Å². The molecular formula is C5H4N6O3. The van der Waals surface area contributed by atoms with E-state index in [2.05, 4.69) is 15.0 Å². The Balaban J connectivity index is 2.92. The molecule has 2 aromatic rings. The SMILES string of the molecule is Nc1nc2c(ncn2[N+](=O)[O-])c(=O)[nH]1. The zero-order valence-corrected chi connectivity index (χ0v) is 6.67. The second kappa shape index (κ2) is 2.52. The lowest BCUT2D eigenvalue weighted by Gasteiger charge is -1.92. The Morgan fingerprint density at radius 3 is 3.00 bits per heavy atom. The van der Waals surface area contributed by atoms with E-state index in [0.717, 1.165) is 6.33 Å². The van der Waals surface area contributed by atoms with Gasteiger partial charge in [-0.25, -0.2) is 15.1 Å². The first-order valence-corrected chi connectivity index (χ1v) is 3.47. The number of hydrogen-bond acceptors (Lipinski definition) is 6. The van der Waals surface area contributed by atoms with Crippen molar-refractivity contribution in [2.45, 2.75) is 0 Å². The molecule has 2 rings (SSSR count). The molecule has 0 unspecified atom stereocenters. The predicted molar refractivity (Wildman–Crippen MR) is 45.0 cm³/mol. The van der Waals surface area contributed by atoms with Crippen LogP contribution in [0, 0.1) is 10.1 Å². The standard InChI is InChI=1S/C5H4N6O3/c6-5-8-3-2(4(12)9-5)7-1-10(3)11(13)14/h1H,(H3,6,8,9,12). The van der Waals surface area contributed by atoms with Gasteiger partial charge in [-0.3, -0.25) is 9.78 Å². The van der Waals surface area contributed by atoms with E-state index in [9.17, 15) is 14.9 Å². The fourth-order valence-electron chi connectivity index (χ4n) is 1.03. The third-order valence-electron chi connectivity index (χ3n) is 1.58. The number of nitrogens with zero attached hydrogens (tertiary/aromatic N) is 4. The third kappa shape index (κ3) is 0.990. The Morgan fingerprint density at radius 2 is 2.36 bits per heavy atom.